The largest absolute Gasteiger partial charge is 0.416 e. The smallest absolute Gasteiger partial charge is 0.367 e. The van der Waals surface area contributed by atoms with Crippen LogP contribution in [-0.4, -0.2) is 24.2 Å². The minimum absolute atomic E-state index is 0.158. The molecule has 1 amide bonds. The monoisotopic (exact) mass is 503 g/mol. The van der Waals surface area contributed by atoms with Gasteiger partial charge in [-0.2, -0.15) is 23.3 Å². The molecule has 190 valence electrons. The van der Waals surface area contributed by atoms with E-state index >= 15 is 0 Å². The maximum absolute atomic E-state index is 14.3. The number of anilines is 2. The Hall–Kier alpha value is -3.61. The maximum Gasteiger partial charge on any atom is 0.416 e. The Labute approximate surface area is 214 Å². The summed E-state index contributed by atoms with van der Waals surface area (Å²) in [4.78, 5) is 16.5. The summed E-state index contributed by atoms with van der Waals surface area (Å²) in [6.07, 6.45) is -1.64. The highest BCUT2D eigenvalue weighted by atomic mass is 19.4. The molecular formula is C30H28F3N3O. The van der Waals surface area contributed by atoms with Crippen molar-refractivity contribution in [2.45, 2.75) is 44.8 Å². The fourth-order valence-corrected chi connectivity index (χ4v) is 6.49. The summed E-state index contributed by atoms with van der Waals surface area (Å²) >= 11 is 0. The molecule has 1 saturated heterocycles. The predicted molar refractivity (Wildman–Crippen MR) is 139 cm³/mol. The lowest BCUT2D eigenvalue weighted by atomic mass is 9.63. The van der Waals surface area contributed by atoms with E-state index in [1.54, 1.807) is 6.07 Å². The van der Waals surface area contributed by atoms with E-state index in [1.807, 2.05) is 55.5 Å². The molecule has 0 unspecified atom stereocenters. The molecule has 1 fully saturated rings. The van der Waals surface area contributed by atoms with Crippen molar-refractivity contribution in [1.29, 1.82) is 0 Å². The Morgan fingerprint density at radius 1 is 1.00 bits per heavy atom. The van der Waals surface area contributed by atoms with Crippen LogP contribution >= 0.6 is 0 Å². The van der Waals surface area contributed by atoms with E-state index in [1.165, 1.54) is 16.6 Å². The molecule has 6 rings (SSSR count). The molecule has 3 heterocycles. The Kier molecular flexibility index (Phi) is 5.62. The second-order valence-corrected chi connectivity index (χ2v) is 10.4. The Morgan fingerprint density at radius 3 is 2.41 bits per heavy atom. The fourth-order valence-electron chi connectivity index (χ4n) is 6.49. The molecule has 1 spiro atoms. The second-order valence-electron chi connectivity index (χ2n) is 10.4. The summed E-state index contributed by atoms with van der Waals surface area (Å²) in [7, 11) is 0. The van der Waals surface area contributed by atoms with Gasteiger partial charge in [-0.15, -0.1) is 0 Å². The van der Waals surface area contributed by atoms with Crippen LogP contribution in [0.1, 0.15) is 36.5 Å². The first-order valence-corrected chi connectivity index (χ1v) is 12.7. The lowest BCUT2D eigenvalue weighted by molar-refractivity contribution is -0.137. The molecule has 3 aromatic rings. The van der Waals surface area contributed by atoms with E-state index in [-0.39, 0.29) is 18.4 Å². The summed E-state index contributed by atoms with van der Waals surface area (Å²) in [5.41, 5.74) is 2.27. The van der Waals surface area contributed by atoms with Crippen LogP contribution in [0.4, 0.5) is 24.5 Å². The van der Waals surface area contributed by atoms with Crippen LogP contribution < -0.4 is 9.91 Å². The fraction of sp³-hybridized carbons (Fsp3) is 0.333. The topological polar surface area (TPSA) is 35.9 Å². The molecule has 3 aromatic carbocycles. The van der Waals surface area contributed by atoms with Crippen molar-refractivity contribution in [3.8, 4) is 0 Å². The van der Waals surface area contributed by atoms with E-state index in [9.17, 15) is 18.0 Å². The minimum atomic E-state index is -4.44. The predicted octanol–water partition coefficient (Wildman–Crippen LogP) is 6.50. The van der Waals surface area contributed by atoms with Gasteiger partial charge in [-0.3, -0.25) is 4.79 Å². The van der Waals surface area contributed by atoms with E-state index in [4.69, 9.17) is 5.10 Å². The first-order chi connectivity index (χ1) is 17.8. The number of rotatable bonds is 3. The summed E-state index contributed by atoms with van der Waals surface area (Å²) in [6, 6.07) is 23.4. The Morgan fingerprint density at radius 2 is 1.70 bits per heavy atom. The van der Waals surface area contributed by atoms with Crippen molar-refractivity contribution in [3.63, 3.8) is 0 Å². The number of amides is 1. The van der Waals surface area contributed by atoms with Crippen molar-refractivity contribution in [2.24, 2.45) is 16.4 Å². The Bertz CT molecular complexity index is 1360. The maximum atomic E-state index is 14.3. The van der Waals surface area contributed by atoms with Crippen LogP contribution in [0, 0.1) is 11.3 Å². The molecule has 3 atom stereocenters. The second kappa shape index (κ2) is 8.75. The first-order valence-electron chi connectivity index (χ1n) is 12.7. The highest BCUT2D eigenvalue weighted by Crippen LogP contribution is 2.51. The third-order valence-corrected chi connectivity index (χ3v) is 8.30. The molecule has 0 aliphatic carbocycles. The highest BCUT2D eigenvalue weighted by Gasteiger charge is 2.60. The van der Waals surface area contributed by atoms with Gasteiger partial charge in [0.1, 0.15) is 5.41 Å². The molecule has 0 N–H and O–H groups in total. The SMILES string of the molecule is CC1=NN(c2ccccc2)C(=O)[C@@]12Cc1cc(C(F)(F)F)ccc1N1CC[C@@H](Cc3ccccc3)C[C@@H]12. The molecule has 7 heteroatoms. The lowest BCUT2D eigenvalue weighted by Gasteiger charge is -2.52. The molecule has 0 aromatic heterocycles. The van der Waals surface area contributed by atoms with Crippen LogP contribution in [0.15, 0.2) is 84.0 Å². The van der Waals surface area contributed by atoms with Gasteiger partial charge in [0.15, 0.2) is 0 Å². The summed E-state index contributed by atoms with van der Waals surface area (Å²) in [5.74, 6) is 0.206. The minimum Gasteiger partial charge on any atom is -0.367 e. The number of fused-ring (bicyclic) bond motifs is 4. The number of hydrogen-bond acceptors (Lipinski definition) is 3. The third-order valence-electron chi connectivity index (χ3n) is 8.30. The van der Waals surface area contributed by atoms with Gasteiger partial charge in [-0.05, 0) is 80.0 Å². The highest BCUT2D eigenvalue weighted by molar-refractivity contribution is 6.20. The number of carbonyl (C=O) groups is 1. The zero-order chi connectivity index (χ0) is 25.8. The van der Waals surface area contributed by atoms with E-state index in [0.29, 0.717) is 29.4 Å². The number of nitrogens with zero attached hydrogens (tertiary/aromatic N) is 3. The zero-order valence-corrected chi connectivity index (χ0v) is 20.6. The quantitative estimate of drug-likeness (QED) is 0.409. The van der Waals surface area contributed by atoms with Gasteiger partial charge < -0.3 is 4.90 Å². The lowest BCUT2D eigenvalue weighted by Crippen LogP contribution is -2.62. The molecule has 0 radical (unpaired) electrons. The van der Waals surface area contributed by atoms with E-state index in [0.717, 1.165) is 31.0 Å². The standard InChI is InChI=1S/C30H28F3N3O/c1-20-29(28(37)36(34-20)25-10-6-3-7-11-25)19-23-18-24(30(31,32)33)12-13-26(23)35-15-14-22(17-27(29)35)16-21-8-4-2-5-9-21/h2-13,18,22,27H,14-17,19H2,1H3/t22-,27+,29-/m0/s1. The van der Waals surface area contributed by atoms with Crippen LogP contribution in [-0.2, 0) is 23.8 Å². The molecule has 0 saturated carbocycles. The number of halogens is 3. The van der Waals surface area contributed by atoms with Crippen LogP contribution in [0.2, 0.25) is 0 Å². The number of alkyl halides is 3. The van der Waals surface area contributed by atoms with Gasteiger partial charge in [-0.25, -0.2) is 0 Å². The molecule has 3 aliphatic heterocycles. The molecule has 0 bridgehead atoms. The van der Waals surface area contributed by atoms with E-state index in [2.05, 4.69) is 17.0 Å². The number of hydrazone groups is 1. The summed E-state index contributed by atoms with van der Waals surface area (Å²) in [6.45, 7) is 2.55. The average Bonchev–Trinajstić information content (AvgIpc) is 3.14. The van der Waals surface area contributed by atoms with Gasteiger partial charge >= 0.3 is 6.18 Å². The van der Waals surface area contributed by atoms with E-state index < -0.39 is 17.2 Å². The normalized spacial score (nSPS) is 25.2. The van der Waals surface area contributed by atoms with Gasteiger partial charge in [0.25, 0.3) is 5.91 Å². The van der Waals surface area contributed by atoms with Gasteiger partial charge in [0.05, 0.1) is 17.0 Å². The number of hydrogen-bond donors (Lipinski definition) is 0. The summed E-state index contributed by atoms with van der Waals surface area (Å²) < 4.78 is 40.9. The molecule has 37 heavy (non-hydrogen) atoms. The summed E-state index contributed by atoms with van der Waals surface area (Å²) in [5, 5.41) is 6.16. The number of carbonyl (C=O) groups excluding carboxylic acids is 1. The van der Waals surface area contributed by atoms with Crippen molar-refractivity contribution >= 4 is 23.0 Å². The molecule has 4 nitrogen and oxygen atoms in total. The Balaban J connectivity index is 1.43. The van der Waals surface area contributed by atoms with Gasteiger partial charge in [0, 0.05) is 18.3 Å². The van der Waals surface area contributed by atoms with Gasteiger partial charge in [-0.1, -0.05) is 48.5 Å². The van der Waals surface area contributed by atoms with Crippen molar-refractivity contribution in [2.75, 3.05) is 16.5 Å². The first kappa shape index (κ1) is 23.8. The zero-order valence-electron chi connectivity index (χ0n) is 20.6. The van der Waals surface area contributed by atoms with Crippen molar-refractivity contribution in [3.05, 3.63) is 95.6 Å². The van der Waals surface area contributed by atoms with Crippen molar-refractivity contribution < 1.29 is 18.0 Å². The van der Waals surface area contributed by atoms with Crippen molar-refractivity contribution in [1.82, 2.24) is 0 Å². The van der Waals surface area contributed by atoms with Crippen LogP contribution in [0.3, 0.4) is 0 Å². The number of para-hydroxylation sites is 1. The van der Waals surface area contributed by atoms with Crippen LogP contribution in [0.5, 0.6) is 0 Å². The number of benzene rings is 3. The third kappa shape index (κ3) is 3.92. The molecular weight excluding hydrogens is 475 g/mol. The molecule has 3 aliphatic rings. The average molecular weight is 504 g/mol. The number of piperidine rings is 1. The van der Waals surface area contributed by atoms with Crippen LogP contribution in [0.25, 0.3) is 0 Å². The van der Waals surface area contributed by atoms with Gasteiger partial charge in [0.2, 0.25) is 0 Å².